The maximum absolute atomic E-state index is 5.84. The fourth-order valence-corrected chi connectivity index (χ4v) is 1.93. The van der Waals surface area contributed by atoms with Crippen LogP contribution >= 0.6 is 11.6 Å². The van der Waals surface area contributed by atoms with Crippen molar-refractivity contribution in [1.29, 1.82) is 0 Å². The molecule has 4 heteroatoms. The van der Waals surface area contributed by atoms with Gasteiger partial charge in [-0.1, -0.05) is 0 Å². The number of hydrogen-bond donors (Lipinski definition) is 1. The van der Waals surface area contributed by atoms with E-state index >= 15 is 0 Å². The molecule has 0 bridgehead atoms. The van der Waals surface area contributed by atoms with Crippen molar-refractivity contribution in [2.75, 3.05) is 5.73 Å². The summed E-state index contributed by atoms with van der Waals surface area (Å²) in [5, 5.41) is 1.10. The van der Waals surface area contributed by atoms with Gasteiger partial charge in [0.1, 0.15) is 5.82 Å². The third-order valence-corrected chi connectivity index (χ3v) is 2.99. The van der Waals surface area contributed by atoms with Gasteiger partial charge in [-0.05, 0) is 55.1 Å². The third-order valence-electron chi connectivity index (χ3n) is 2.82. The van der Waals surface area contributed by atoms with E-state index in [2.05, 4.69) is 16.9 Å². The Morgan fingerprint density at radius 1 is 1.13 bits per heavy atom. The molecule has 1 heterocycles. The lowest BCUT2D eigenvalue weighted by Gasteiger charge is -2.10. The molecule has 78 valence electrons. The van der Waals surface area contributed by atoms with Crippen molar-refractivity contribution in [2.24, 2.45) is 0 Å². The Morgan fingerprint density at radius 3 is 2.47 bits per heavy atom. The first-order chi connectivity index (χ1) is 7.00. The number of nitrogen functional groups attached to an aromatic ring is 1. The Hall–Kier alpha value is -1.35. The lowest BCUT2D eigenvalue weighted by atomic mass is 10.00. The van der Waals surface area contributed by atoms with Gasteiger partial charge in [-0.25, -0.2) is 9.97 Å². The van der Waals surface area contributed by atoms with Gasteiger partial charge in [0.05, 0.1) is 5.52 Å². The molecule has 0 amide bonds. The number of hydrogen-bond acceptors (Lipinski definition) is 3. The predicted octanol–water partition coefficient (Wildman–Crippen LogP) is 2.79. The van der Waals surface area contributed by atoms with Crippen molar-refractivity contribution in [3.63, 3.8) is 0 Å². The molecule has 1 aromatic heterocycles. The first kappa shape index (κ1) is 10.2. The molecule has 0 radical (unpaired) electrons. The highest BCUT2D eigenvalue weighted by atomic mass is 35.5. The number of anilines is 1. The van der Waals surface area contributed by atoms with E-state index < -0.39 is 0 Å². The van der Waals surface area contributed by atoms with Crippen LogP contribution in [-0.2, 0) is 0 Å². The molecule has 0 saturated heterocycles. The van der Waals surface area contributed by atoms with Crippen molar-refractivity contribution < 1.29 is 0 Å². The van der Waals surface area contributed by atoms with Crippen LogP contribution in [0, 0.1) is 20.8 Å². The number of aryl methyl sites for hydroxylation is 2. The second-order valence-corrected chi connectivity index (χ2v) is 4.05. The summed E-state index contributed by atoms with van der Waals surface area (Å²) in [6, 6.07) is 1.99. The van der Waals surface area contributed by atoms with Crippen LogP contribution in [0.1, 0.15) is 16.7 Å². The minimum absolute atomic E-state index is 0.197. The zero-order valence-corrected chi connectivity index (χ0v) is 9.68. The van der Waals surface area contributed by atoms with E-state index in [0.29, 0.717) is 5.82 Å². The summed E-state index contributed by atoms with van der Waals surface area (Å²) in [7, 11) is 0. The van der Waals surface area contributed by atoms with Gasteiger partial charge in [0.25, 0.3) is 0 Å². The van der Waals surface area contributed by atoms with Crippen LogP contribution in [0.2, 0.25) is 5.28 Å². The van der Waals surface area contributed by atoms with Gasteiger partial charge >= 0.3 is 0 Å². The van der Waals surface area contributed by atoms with Crippen molar-refractivity contribution in [1.82, 2.24) is 9.97 Å². The Balaban J connectivity index is 2.99. The summed E-state index contributed by atoms with van der Waals surface area (Å²) in [6.45, 7) is 6.14. The molecule has 0 aliphatic rings. The molecule has 0 aliphatic heterocycles. The molecule has 0 fully saturated rings. The number of rotatable bonds is 0. The van der Waals surface area contributed by atoms with E-state index in [1.807, 2.05) is 19.9 Å². The number of benzene rings is 1. The Kier molecular flexibility index (Phi) is 2.27. The van der Waals surface area contributed by atoms with E-state index in [0.717, 1.165) is 16.5 Å². The molecular weight excluding hydrogens is 210 g/mol. The topological polar surface area (TPSA) is 51.8 Å². The summed E-state index contributed by atoms with van der Waals surface area (Å²) in [4.78, 5) is 8.14. The first-order valence-electron chi connectivity index (χ1n) is 4.70. The largest absolute Gasteiger partial charge is 0.383 e. The Labute approximate surface area is 93.3 Å². The summed E-state index contributed by atoms with van der Waals surface area (Å²) in [6.07, 6.45) is 0. The average molecular weight is 222 g/mol. The molecule has 2 aromatic rings. The van der Waals surface area contributed by atoms with Gasteiger partial charge < -0.3 is 5.73 Å². The highest BCUT2D eigenvalue weighted by Crippen LogP contribution is 2.27. The summed E-state index contributed by atoms with van der Waals surface area (Å²) in [5.41, 5.74) is 10.2. The second-order valence-electron chi connectivity index (χ2n) is 3.72. The van der Waals surface area contributed by atoms with Gasteiger partial charge in [-0.2, -0.15) is 0 Å². The molecule has 0 atom stereocenters. The summed E-state index contributed by atoms with van der Waals surface area (Å²) in [5.74, 6) is 0.450. The maximum atomic E-state index is 5.84. The average Bonchev–Trinajstić information content (AvgIpc) is 2.13. The van der Waals surface area contributed by atoms with E-state index in [1.165, 1.54) is 11.1 Å². The van der Waals surface area contributed by atoms with Crippen LogP contribution < -0.4 is 5.73 Å². The Morgan fingerprint density at radius 2 is 1.80 bits per heavy atom. The highest BCUT2D eigenvalue weighted by molar-refractivity contribution is 6.28. The van der Waals surface area contributed by atoms with Crippen LogP contribution in [0.4, 0.5) is 5.82 Å². The van der Waals surface area contributed by atoms with Crippen molar-refractivity contribution >= 4 is 28.3 Å². The smallest absolute Gasteiger partial charge is 0.224 e. The highest BCUT2D eigenvalue weighted by Gasteiger charge is 2.10. The lowest BCUT2D eigenvalue weighted by Crippen LogP contribution is -1.99. The van der Waals surface area contributed by atoms with Gasteiger partial charge in [0.2, 0.25) is 5.28 Å². The number of fused-ring (bicyclic) bond motifs is 1. The minimum Gasteiger partial charge on any atom is -0.383 e. The molecule has 15 heavy (non-hydrogen) atoms. The van der Waals surface area contributed by atoms with Crippen LogP contribution in [0.5, 0.6) is 0 Å². The lowest BCUT2D eigenvalue weighted by molar-refractivity contribution is 1.20. The molecule has 0 spiro atoms. The van der Waals surface area contributed by atoms with E-state index in [-0.39, 0.29) is 5.28 Å². The number of aromatic nitrogens is 2. The predicted molar refractivity (Wildman–Crippen MR) is 63.2 cm³/mol. The molecule has 2 rings (SSSR count). The molecule has 1 aromatic carbocycles. The van der Waals surface area contributed by atoms with Crippen LogP contribution in [-0.4, -0.2) is 9.97 Å². The van der Waals surface area contributed by atoms with Crippen LogP contribution in [0.15, 0.2) is 6.07 Å². The molecule has 0 saturated carbocycles. The van der Waals surface area contributed by atoms with Crippen LogP contribution in [0.25, 0.3) is 10.9 Å². The molecule has 0 unspecified atom stereocenters. The maximum Gasteiger partial charge on any atom is 0.224 e. The summed E-state index contributed by atoms with van der Waals surface area (Å²) < 4.78 is 0. The quantitative estimate of drug-likeness (QED) is 0.696. The number of nitrogens with zero attached hydrogens (tertiary/aromatic N) is 2. The van der Waals surface area contributed by atoms with Gasteiger partial charge in [0.15, 0.2) is 0 Å². The molecule has 3 nitrogen and oxygen atoms in total. The first-order valence-corrected chi connectivity index (χ1v) is 5.08. The van der Waals surface area contributed by atoms with E-state index in [4.69, 9.17) is 17.3 Å². The Bertz CT molecular complexity index is 549. The van der Waals surface area contributed by atoms with Crippen molar-refractivity contribution in [2.45, 2.75) is 20.8 Å². The van der Waals surface area contributed by atoms with E-state index in [9.17, 15) is 0 Å². The van der Waals surface area contributed by atoms with Crippen molar-refractivity contribution in [3.05, 3.63) is 28.0 Å². The second kappa shape index (κ2) is 3.35. The zero-order chi connectivity index (χ0) is 11.2. The fourth-order valence-electron chi connectivity index (χ4n) is 1.75. The standard InChI is InChI=1S/C11H12ClN3/c1-5-4-8-9(7(3)6(5)2)10(13)15-11(12)14-8/h4H,1-3H3,(H2,13,14,15). The normalized spacial score (nSPS) is 10.9. The van der Waals surface area contributed by atoms with E-state index in [1.54, 1.807) is 0 Å². The van der Waals surface area contributed by atoms with Gasteiger partial charge in [0, 0.05) is 5.39 Å². The number of halogens is 1. The number of nitrogens with two attached hydrogens (primary N) is 1. The monoisotopic (exact) mass is 221 g/mol. The summed E-state index contributed by atoms with van der Waals surface area (Å²) >= 11 is 5.77. The van der Waals surface area contributed by atoms with Crippen molar-refractivity contribution in [3.8, 4) is 0 Å². The van der Waals surface area contributed by atoms with Gasteiger partial charge in [-0.15, -0.1) is 0 Å². The zero-order valence-electron chi connectivity index (χ0n) is 8.93. The SMILES string of the molecule is Cc1cc2nc(Cl)nc(N)c2c(C)c1C. The molecular formula is C11H12ClN3. The molecule has 0 aliphatic carbocycles. The fraction of sp³-hybridized carbons (Fsp3) is 0.273. The van der Waals surface area contributed by atoms with Gasteiger partial charge in [-0.3, -0.25) is 0 Å². The third kappa shape index (κ3) is 1.53. The van der Waals surface area contributed by atoms with Crippen LogP contribution in [0.3, 0.4) is 0 Å². The molecule has 2 N–H and O–H groups in total. The minimum atomic E-state index is 0.197.